The zero-order valence-electron chi connectivity index (χ0n) is 21.7. The van der Waals surface area contributed by atoms with Crippen LogP contribution in [0.15, 0.2) is 36.5 Å². The summed E-state index contributed by atoms with van der Waals surface area (Å²) in [5.74, 6) is -4.39. The van der Waals surface area contributed by atoms with Crippen LogP contribution in [0.3, 0.4) is 0 Å². The number of nitrogens with zero attached hydrogens (tertiary/aromatic N) is 2. The molecule has 5 nitrogen and oxygen atoms in total. The first-order chi connectivity index (χ1) is 18.6. The summed E-state index contributed by atoms with van der Waals surface area (Å²) in [6, 6.07) is 6.33. The minimum Gasteiger partial charge on any atom is -0.497 e. The molecule has 0 radical (unpaired) electrons. The van der Waals surface area contributed by atoms with E-state index >= 15 is 4.39 Å². The lowest BCUT2D eigenvalue weighted by molar-refractivity contribution is -0.141. The first-order valence-electron chi connectivity index (χ1n) is 12.9. The normalized spacial score (nSPS) is 16.4. The Morgan fingerprint density at radius 2 is 1.87 bits per heavy atom. The van der Waals surface area contributed by atoms with E-state index in [0.29, 0.717) is 61.6 Å². The average molecular weight is 551 g/mol. The van der Waals surface area contributed by atoms with Crippen molar-refractivity contribution >= 4 is 16.9 Å². The van der Waals surface area contributed by atoms with E-state index in [9.17, 15) is 27.5 Å². The number of carboxylic acid groups (broad SMARTS) is 1. The fourth-order valence-electron chi connectivity index (χ4n) is 5.56. The molecule has 1 fully saturated rings. The number of ether oxygens (including phenoxy) is 1. The van der Waals surface area contributed by atoms with Crippen LogP contribution in [0.4, 0.5) is 22.0 Å². The third-order valence-corrected chi connectivity index (χ3v) is 7.74. The van der Waals surface area contributed by atoms with Crippen LogP contribution < -0.4 is 4.74 Å². The van der Waals surface area contributed by atoms with Gasteiger partial charge >= 0.3 is 5.97 Å². The summed E-state index contributed by atoms with van der Waals surface area (Å²) in [4.78, 5) is 17.8. The van der Waals surface area contributed by atoms with E-state index in [-0.39, 0.29) is 36.8 Å². The van der Waals surface area contributed by atoms with Gasteiger partial charge in [0, 0.05) is 17.0 Å². The predicted octanol–water partition coefficient (Wildman–Crippen LogP) is 6.78. The Morgan fingerprint density at radius 1 is 1.13 bits per heavy atom. The number of carbonyl (C=O) groups is 1. The zero-order valence-corrected chi connectivity index (χ0v) is 21.7. The maximum atomic E-state index is 15.6. The number of fused-ring (bicyclic) bond motifs is 1. The maximum absolute atomic E-state index is 15.6. The fraction of sp³-hybridized carbons (Fsp3) is 0.448. The molecule has 39 heavy (non-hydrogen) atoms. The number of aliphatic carboxylic acids is 1. The molecule has 210 valence electrons. The number of aromatic nitrogens is 1. The van der Waals surface area contributed by atoms with Gasteiger partial charge < -0.3 is 14.7 Å². The molecule has 1 aliphatic heterocycles. The third kappa shape index (κ3) is 6.84. The highest BCUT2D eigenvalue weighted by molar-refractivity contribution is 5.84. The van der Waals surface area contributed by atoms with E-state index in [0.717, 1.165) is 12.3 Å². The largest absolute Gasteiger partial charge is 0.497 e. The quantitative estimate of drug-likeness (QED) is 0.211. The van der Waals surface area contributed by atoms with Gasteiger partial charge in [0.05, 0.1) is 25.2 Å². The number of likely N-dealkylation sites (tertiary alicyclic amines) is 1. The van der Waals surface area contributed by atoms with Crippen molar-refractivity contribution in [2.75, 3.05) is 26.7 Å². The Kier molecular flexibility index (Phi) is 9.04. The first-order valence-corrected chi connectivity index (χ1v) is 12.9. The van der Waals surface area contributed by atoms with Crippen LogP contribution in [0.1, 0.15) is 55.8 Å². The molecule has 1 unspecified atom stereocenters. The minimum atomic E-state index is -1.66. The van der Waals surface area contributed by atoms with Crippen molar-refractivity contribution in [3.63, 3.8) is 0 Å². The highest BCUT2D eigenvalue weighted by Gasteiger charge is 2.37. The van der Waals surface area contributed by atoms with E-state index in [1.165, 1.54) is 7.11 Å². The van der Waals surface area contributed by atoms with Crippen molar-refractivity contribution < 1.29 is 36.6 Å². The SMILES string of the molecule is COc1ccc2ncc(F)c(C(F)CCC3(CC(=O)O)CCN(CCCc4cc(F)cc(F)c4F)CC3)c2c1. The highest BCUT2D eigenvalue weighted by Crippen LogP contribution is 2.43. The smallest absolute Gasteiger partial charge is 0.303 e. The lowest BCUT2D eigenvalue weighted by Crippen LogP contribution is -2.41. The van der Waals surface area contributed by atoms with Gasteiger partial charge in [0.15, 0.2) is 11.6 Å². The number of pyridine rings is 1. The summed E-state index contributed by atoms with van der Waals surface area (Å²) in [5, 5.41) is 9.89. The van der Waals surface area contributed by atoms with Gasteiger partial charge in [-0.05, 0) is 93.4 Å². The Hall–Kier alpha value is -3.27. The zero-order chi connectivity index (χ0) is 28.2. The lowest BCUT2D eigenvalue weighted by Gasteiger charge is -2.41. The number of piperidine rings is 1. The number of hydrogen-bond acceptors (Lipinski definition) is 4. The molecule has 4 rings (SSSR count). The van der Waals surface area contributed by atoms with Crippen molar-refractivity contribution in [2.45, 2.75) is 51.1 Å². The maximum Gasteiger partial charge on any atom is 0.303 e. The molecule has 0 saturated carbocycles. The number of halogens is 5. The lowest BCUT2D eigenvalue weighted by atomic mass is 9.71. The van der Waals surface area contributed by atoms with Gasteiger partial charge in [0.25, 0.3) is 0 Å². The van der Waals surface area contributed by atoms with Crippen LogP contribution in [-0.4, -0.2) is 47.7 Å². The van der Waals surface area contributed by atoms with E-state index < -0.39 is 40.8 Å². The molecule has 1 N–H and O–H groups in total. The number of hydrogen-bond donors (Lipinski definition) is 1. The minimum absolute atomic E-state index is 0.0211. The second-order valence-electron chi connectivity index (χ2n) is 10.3. The van der Waals surface area contributed by atoms with Crippen molar-refractivity contribution in [2.24, 2.45) is 5.41 Å². The average Bonchev–Trinajstić information content (AvgIpc) is 2.90. The molecule has 0 aliphatic carbocycles. The number of benzene rings is 2. The van der Waals surface area contributed by atoms with Crippen molar-refractivity contribution in [1.82, 2.24) is 9.88 Å². The number of rotatable bonds is 11. The molecule has 1 aliphatic rings. The predicted molar refractivity (Wildman–Crippen MR) is 136 cm³/mol. The summed E-state index contributed by atoms with van der Waals surface area (Å²) in [5.41, 5.74) is -0.346. The molecule has 0 spiro atoms. The molecule has 2 heterocycles. The monoisotopic (exact) mass is 550 g/mol. The van der Waals surface area contributed by atoms with Gasteiger partial charge in [0.1, 0.15) is 23.6 Å². The van der Waals surface area contributed by atoms with E-state index in [2.05, 4.69) is 9.88 Å². The Balaban J connectivity index is 1.39. The van der Waals surface area contributed by atoms with E-state index in [1.807, 2.05) is 0 Å². The van der Waals surface area contributed by atoms with Gasteiger partial charge in [-0.25, -0.2) is 22.0 Å². The Morgan fingerprint density at radius 3 is 2.56 bits per heavy atom. The van der Waals surface area contributed by atoms with Crippen molar-refractivity contribution in [1.29, 1.82) is 0 Å². The topological polar surface area (TPSA) is 62.7 Å². The van der Waals surface area contributed by atoms with Crippen LogP contribution in [0.25, 0.3) is 10.9 Å². The van der Waals surface area contributed by atoms with Crippen LogP contribution >= 0.6 is 0 Å². The molecule has 2 aromatic carbocycles. The molecular weight excluding hydrogens is 519 g/mol. The molecule has 0 amide bonds. The molecule has 1 atom stereocenters. The summed E-state index contributed by atoms with van der Waals surface area (Å²) in [7, 11) is 1.46. The summed E-state index contributed by atoms with van der Waals surface area (Å²) in [6.45, 7) is 1.64. The summed E-state index contributed by atoms with van der Waals surface area (Å²) < 4.78 is 76.3. The second kappa shape index (κ2) is 12.3. The Bertz CT molecular complexity index is 1330. The molecule has 1 aromatic heterocycles. The molecule has 10 heteroatoms. The second-order valence-corrected chi connectivity index (χ2v) is 10.3. The van der Waals surface area contributed by atoms with E-state index in [4.69, 9.17) is 4.74 Å². The van der Waals surface area contributed by atoms with Crippen molar-refractivity contribution in [3.8, 4) is 5.75 Å². The Labute approximate surface area is 223 Å². The molecule has 0 bridgehead atoms. The fourth-order valence-corrected chi connectivity index (χ4v) is 5.56. The van der Waals surface area contributed by atoms with Crippen LogP contribution in [0.5, 0.6) is 5.75 Å². The van der Waals surface area contributed by atoms with Crippen molar-refractivity contribution in [3.05, 3.63) is 70.9 Å². The van der Waals surface area contributed by atoms with Crippen LogP contribution in [0, 0.1) is 28.7 Å². The summed E-state index contributed by atoms with van der Waals surface area (Å²) in [6.07, 6.45) is 1.05. The van der Waals surface area contributed by atoms with Gasteiger partial charge in [-0.3, -0.25) is 9.78 Å². The van der Waals surface area contributed by atoms with E-state index in [1.54, 1.807) is 18.2 Å². The number of aryl methyl sites for hydroxylation is 1. The van der Waals surface area contributed by atoms with Crippen LogP contribution in [-0.2, 0) is 11.2 Å². The van der Waals surface area contributed by atoms with Gasteiger partial charge in [-0.2, -0.15) is 0 Å². The number of carboxylic acids is 1. The van der Waals surface area contributed by atoms with Gasteiger partial charge in [-0.1, -0.05) is 0 Å². The molecular formula is C29H31F5N2O3. The summed E-state index contributed by atoms with van der Waals surface area (Å²) >= 11 is 0. The molecule has 3 aromatic rings. The van der Waals surface area contributed by atoms with Crippen LogP contribution in [0.2, 0.25) is 0 Å². The molecule has 1 saturated heterocycles. The highest BCUT2D eigenvalue weighted by atomic mass is 19.2. The van der Waals surface area contributed by atoms with Gasteiger partial charge in [0.2, 0.25) is 0 Å². The number of methoxy groups -OCH3 is 1. The van der Waals surface area contributed by atoms with Gasteiger partial charge in [-0.15, -0.1) is 0 Å². The third-order valence-electron chi connectivity index (χ3n) is 7.74. The number of alkyl halides is 1. The standard InChI is InChI=1S/C29H31F5N2O3/c1-39-20-4-5-25-21(15-20)27(24(33)17-35-25)22(31)6-7-29(16-26(37)38)8-11-36(12-9-29)10-2-3-18-13-19(30)14-23(32)28(18)34/h4-5,13-15,17,22H,2-3,6-12,16H2,1H3,(H,37,38). The first kappa shape index (κ1) is 28.7.